The van der Waals surface area contributed by atoms with Gasteiger partial charge < -0.3 is 5.32 Å². The second kappa shape index (κ2) is 6.84. The van der Waals surface area contributed by atoms with Crippen LogP contribution in [0.1, 0.15) is 6.92 Å². The van der Waals surface area contributed by atoms with Crippen LogP contribution in [0, 0.1) is 0 Å². The largest absolute Gasteiger partial charge is 0.316 e. The van der Waals surface area contributed by atoms with Crippen LogP contribution in [0.2, 0.25) is 0 Å². The average Bonchev–Trinajstić information content (AvgIpc) is 2.24. The van der Waals surface area contributed by atoms with Gasteiger partial charge in [-0.15, -0.1) is 0 Å². The molecule has 0 saturated carbocycles. The first-order chi connectivity index (χ1) is 7.97. The van der Waals surface area contributed by atoms with E-state index in [1.807, 2.05) is 6.92 Å². The maximum absolute atomic E-state index is 11.9. The zero-order chi connectivity index (χ0) is 12.9. The highest BCUT2D eigenvalue weighted by molar-refractivity contribution is 9.11. The van der Waals surface area contributed by atoms with Crippen LogP contribution in [0.25, 0.3) is 0 Å². The SMILES string of the molecule is CCNCCNS(=O)(=O)c1ccc(Br)cc1Br. The third kappa shape index (κ3) is 4.67. The van der Waals surface area contributed by atoms with Gasteiger partial charge in [-0.1, -0.05) is 22.9 Å². The van der Waals surface area contributed by atoms with Crippen molar-refractivity contribution in [2.24, 2.45) is 0 Å². The van der Waals surface area contributed by atoms with Crippen molar-refractivity contribution in [1.29, 1.82) is 0 Å². The highest BCUT2D eigenvalue weighted by Crippen LogP contribution is 2.25. The molecule has 17 heavy (non-hydrogen) atoms. The van der Waals surface area contributed by atoms with Crippen molar-refractivity contribution in [3.8, 4) is 0 Å². The molecule has 0 atom stereocenters. The van der Waals surface area contributed by atoms with Gasteiger partial charge in [0.2, 0.25) is 10.0 Å². The standard InChI is InChI=1S/C10H14Br2N2O2S/c1-2-13-5-6-14-17(15,16)10-4-3-8(11)7-9(10)12/h3-4,7,13-14H,2,5-6H2,1H3. The number of nitrogens with one attached hydrogen (secondary N) is 2. The van der Waals surface area contributed by atoms with E-state index in [-0.39, 0.29) is 4.90 Å². The van der Waals surface area contributed by atoms with Crippen LogP contribution < -0.4 is 10.0 Å². The molecule has 0 aliphatic rings. The van der Waals surface area contributed by atoms with E-state index in [1.165, 1.54) is 0 Å². The lowest BCUT2D eigenvalue weighted by Gasteiger charge is -2.08. The quantitative estimate of drug-likeness (QED) is 0.737. The maximum Gasteiger partial charge on any atom is 0.241 e. The van der Waals surface area contributed by atoms with Crippen molar-refractivity contribution in [3.63, 3.8) is 0 Å². The van der Waals surface area contributed by atoms with E-state index in [1.54, 1.807) is 18.2 Å². The molecule has 1 aromatic carbocycles. The molecule has 1 aromatic rings. The molecule has 0 aliphatic carbocycles. The molecule has 0 spiro atoms. The Balaban J connectivity index is 2.76. The fourth-order valence-electron chi connectivity index (χ4n) is 1.22. The lowest BCUT2D eigenvalue weighted by Crippen LogP contribution is -2.31. The van der Waals surface area contributed by atoms with Crippen LogP contribution >= 0.6 is 31.9 Å². The Labute approximate surface area is 118 Å². The Morgan fingerprint density at radius 1 is 1.24 bits per heavy atom. The third-order valence-electron chi connectivity index (χ3n) is 2.03. The van der Waals surface area contributed by atoms with E-state index in [2.05, 4.69) is 41.9 Å². The van der Waals surface area contributed by atoms with Crippen molar-refractivity contribution in [2.45, 2.75) is 11.8 Å². The molecule has 0 heterocycles. The fraction of sp³-hybridized carbons (Fsp3) is 0.400. The van der Waals surface area contributed by atoms with Gasteiger partial charge in [0.25, 0.3) is 0 Å². The summed E-state index contributed by atoms with van der Waals surface area (Å²) in [6.45, 7) is 3.78. The summed E-state index contributed by atoms with van der Waals surface area (Å²) in [6.07, 6.45) is 0. The minimum Gasteiger partial charge on any atom is -0.316 e. The van der Waals surface area contributed by atoms with E-state index in [0.29, 0.717) is 17.6 Å². The molecule has 7 heteroatoms. The minimum absolute atomic E-state index is 0.247. The zero-order valence-corrected chi connectivity index (χ0v) is 13.3. The van der Waals surface area contributed by atoms with Crippen LogP contribution in [0.4, 0.5) is 0 Å². The second-order valence-corrected chi connectivity index (χ2v) is 6.83. The normalized spacial score (nSPS) is 11.7. The average molecular weight is 386 g/mol. The summed E-state index contributed by atoms with van der Waals surface area (Å²) < 4.78 is 27.8. The van der Waals surface area contributed by atoms with Crippen molar-refractivity contribution in [2.75, 3.05) is 19.6 Å². The van der Waals surface area contributed by atoms with Crippen molar-refractivity contribution >= 4 is 41.9 Å². The number of halogens is 2. The molecule has 0 bridgehead atoms. The van der Waals surface area contributed by atoms with Crippen LogP contribution in [-0.4, -0.2) is 28.1 Å². The second-order valence-electron chi connectivity index (χ2n) is 3.33. The summed E-state index contributed by atoms with van der Waals surface area (Å²) in [5.74, 6) is 0. The molecule has 0 saturated heterocycles. The fourth-order valence-corrected chi connectivity index (χ4v) is 4.00. The monoisotopic (exact) mass is 384 g/mol. The van der Waals surface area contributed by atoms with E-state index < -0.39 is 10.0 Å². The predicted octanol–water partition coefficient (Wildman–Crippen LogP) is 2.10. The van der Waals surface area contributed by atoms with Gasteiger partial charge in [0.05, 0.1) is 4.90 Å². The van der Waals surface area contributed by atoms with Gasteiger partial charge in [0, 0.05) is 22.0 Å². The molecular formula is C10H14Br2N2O2S. The number of benzene rings is 1. The minimum atomic E-state index is -3.45. The molecule has 0 aliphatic heterocycles. The van der Waals surface area contributed by atoms with Crippen LogP contribution in [0.15, 0.2) is 32.0 Å². The summed E-state index contributed by atoms with van der Waals surface area (Å²) >= 11 is 6.52. The predicted molar refractivity (Wildman–Crippen MR) is 75.6 cm³/mol. The molecule has 0 radical (unpaired) electrons. The molecule has 0 unspecified atom stereocenters. The Kier molecular flexibility index (Phi) is 6.08. The molecule has 0 fully saturated rings. The van der Waals surface area contributed by atoms with E-state index >= 15 is 0 Å². The number of sulfonamides is 1. The molecule has 0 amide bonds. The lowest BCUT2D eigenvalue weighted by molar-refractivity contribution is 0.577. The molecule has 4 nitrogen and oxygen atoms in total. The third-order valence-corrected chi connectivity index (χ3v) is 4.96. The van der Waals surface area contributed by atoms with E-state index in [9.17, 15) is 8.42 Å². The van der Waals surface area contributed by atoms with Gasteiger partial charge in [-0.25, -0.2) is 13.1 Å². The first-order valence-corrected chi connectivity index (χ1v) is 8.19. The topological polar surface area (TPSA) is 58.2 Å². The highest BCUT2D eigenvalue weighted by atomic mass is 79.9. The van der Waals surface area contributed by atoms with Gasteiger partial charge >= 0.3 is 0 Å². The Morgan fingerprint density at radius 3 is 2.53 bits per heavy atom. The van der Waals surface area contributed by atoms with Crippen LogP contribution in [-0.2, 0) is 10.0 Å². The van der Waals surface area contributed by atoms with Gasteiger partial charge in [0.15, 0.2) is 0 Å². The Bertz CT molecular complexity index is 477. The van der Waals surface area contributed by atoms with Crippen molar-refractivity contribution < 1.29 is 8.42 Å². The summed E-state index contributed by atoms with van der Waals surface area (Å²) in [4.78, 5) is 0.247. The molecular weight excluding hydrogens is 372 g/mol. The Hall–Kier alpha value is 0.0500. The summed E-state index contributed by atoms with van der Waals surface area (Å²) in [7, 11) is -3.45. The lowest BCUT2D eigenvalue weighted by atomic mass is 10.4. The van der Waals surface area contributed by atoms with Gasteiger partial charge in [-0.05, 0) is 40.7 Å². The molecule has 1 rings (SSSR count). The van der Waals surface area contributed by atoms with Crippen LogP contribution in [0.5, 0.6) is 0 Å². The number of rotatable bonds is 6. The van der Waals surface area contributed by atoms with Gasteiger partial charge in [-0.3, -0.25) is 0 Å². The summed E-state index contributed by atoms with van der Waals surface area (Å²) in [6, 6.07) is 4.96. The van der Waals surface area contributed by atoms with E-state index in [0.717, 1.165) is 11.0 Å². The zero-order valence-electron chi connectivity index (χ0n) is 9.33. The molecule has 96 valence electrons. The smallest absolute Gasteiger partial charge is 0.241 e. The summed E-state index contributed by atoms with van der Waals surface area (Å²) in [5, 5.41) is 3.05. The van der Waals surface area contributed by atoms with Crippen molar-refractivity contribution in [3.05, 3.63) is 27.1 Å². The van der Waals surface area contributed by atoms with Crippen LogP contribution in [0.3, 0.4) is 0 Å². The first-order valence-electron chi connectivity index (χ1n) is 5.13. The highest BCUT2D eigenvalue weighted by Gasteiger charge is 2.16. The van der Waals surface area contributed by atoms with Gasteiger partial charge in [0.1, 0.15) is 0 Å². The van der Waals surface area contributed by atoms with Gasteiger partial charge in [-0.2, -0.15) is 0 Å². The number of hydrogen-bond donors (Lipinski definition) is 2. The Morgan fingerprint density at radius 2 is 1.94 bits per heavy atom. The van der Waals surface area contributed by atoms with Crippen molar-refractivity contribution in [1.82, 2.24) is 10.0 Å². The number of hydrogen-bond acceptors (Lipinski definition) is 3. The maximum atomic E-state index is 11.9. The molecule has 0 aromatic heterocycles. The summed E-state index contributed by atoms with van der Waals surface area (Å²) in [5.41, 5.74) is 0. The van der Waals surface area contributed by atoms with E-state index in [4.69, 9.17) is 0 Å². The number of likely N-dealkylation sites (N-methyl/N-ethyl adjacent to an activating group) is 1. The molecule has 2 N–H and O–H groups in total. The first kappa shape index (κ1) is 15.1.